The molecule has 2 atom stereocenters. The van der Waals surface area contributed by atoms with Gasteiger partial charge in [-0.15, -0.1) is 0 Å². The Morgan fingerprint density at radius 3 is 2.96 bits per heavy atom. The highest BCUT2D eigenvalue weighted by Gasteiger charge is 2.55. The second kappa shape index (κ2) is 6.76. The first-order valence-electron chi connectivity index (χ1n) is 8.00. The maximum absolute atomic E-state index is 12.9. The van der Waals surface area contributed by atoms with Crippen LogP contribution in [0.4, 0.5) is 5.69 Å². The highest BCUT2D eigenvalue weighted by molar-refractivity contribution is 14.1. The fourth-order valence-electron chi connectivity index (χ4n) is 3.98. The van der Waals surface area contributed by atoms with E-state index in [1.807, 2.05) is 13.0 Å². The molecule has 2 unspecified atom stereocenters. The Bertz CT molecular complexity index is 744. The van der Waals surface area contributed by atoms with Gasteiger partial charge >= 0.3 is 0 Å². The number of nitrogens with zero attached hydrogens (tertiary/aromatic N) is 2. The van der Waals surface area contributed by atoms with Crippen molar-refractivity contribution in [1.29, 1.82) is 0 Å². The normalized spacial score (nSPS) is 27.3. The van der Waals surface area contributed by atoms with E-state index in [1.54, 1.807) is 24.3 Å². The molecule has 2 aliphatic rings. The van der Waals surface area contributed by atoms with Crippen molar-refractivity contribution in [2.75, 3.05) is 13.1 Å². The van der Waals surface area contributed by atoms with Gasteiger partial charge in [0.05, 0.1) is 10.3 Å². The van der Waals surface area contributed by atoms with Gasteiger partial charge in [-0.2, -0.15) is 0 Å². The van der Waals surface area contributed by atoms with Crippen LogP contribution in [-0.2, 0) is 10.2 Å². The minimum atomic E-state index is -0.803. The van der Waals surface area contributed by atoms with E-state index in [-0.39, 0.29) is 22.4 Å². The van der Waals surface area contributed by atoms with Crippen LogP contribution in [0.3, 0.4) is 0 Å². The first-order valence-corrected chi connectivity index (χ1v) is 9.08. The molecule has 1 aromatic carbocycles. The highest BCUT2D eigenvalue weighted by atomic mass is 127. The molecule has 0 N–H and O–H groups in total. The third kappa shape index (κ3) is 2.71. The van der Waals surface area contributed by atoms with E-state index in [2.05, 4.69) is 33.6 Å². The minimum Gasteiger partial charge on any atom is -0.294 e. The summed E-state index contributed by atoms with van der Waals surface area (Å²) in [6.45, 7) is 3.55. The van der Waals surface area contributed by atoms with Crippen molar-refractivity contribution in [2.45, 2.75) is 31.2 Å². The zero-order valence-corrected chi connectivity index (χ0v) is 15.6. The smallest absolute Gasteiger partial charge is 0.273 e. The molecule has 0 radical (unpaired) electrons. The van der Waals surface area contributed by atoms with Gasteiger partial charge in [-0.05, 0) is 48.4 Å². The van der Waals surface area contributed by atoms with Crippen LogP contribution in [0, 0.1) is 10.1 Å². The lowest BCUT2D eigenvalue weighted by Crippen LogP contribution is -2.49. The summed E-state index contributed by atoms with van der Waals surface area (Å²) in [4.78, 5) is 26.4. The molecular weight excluding hydrogens is 419 g/mol. The summed E-state index contributed by atoms with van der Waals surface area (Å²) in [5.74, 6) is -0.00830. The van der Waals surface area contributed by atoms with Crippen LogP contribution in [0.25, 0.3) is 0 Å². The number of ketones is 1. The van der Waals surface area contributed by atoms with E-state index in [9.17, 15) is 14.9 Å². The molecular formula is C18H19IN2O3. The third-order valence-electron chi connectivity index (χ3n) is 5.12. The van der Waals surface area contributed by atoms with Gasteiger partial charge < -0.3 is 0 Å². The first kappa shape index (κ1) is 17.3. The number of allylic oxidation sites excluding steroid dienone is 2. The number of rotatable bonds is 4. The average Bonchev–Trinajstić information content (AvgIpc) is 2.95. The number of fused-ring (bicyclic) bond motifs is 1. The number of halogens is 1. The monoisotopic (exact) mass is 438 g/mol. The second-order valence-corrected chi connectivity index (χ2v) is 7.61. The SMILES string of the molecule is C/C=C(\I)CN1CCC2(c3ccccc3[N+](=O)[O-])C(=O)C=CCC12. The molecule has 5 nitrogen and oxygen atoms in total. The summed E-state index contributed by atoms with van der Waals surface area (Å²) in [5, 5.41) is 11.5. The van der Waals surface area contributed by atoms with Crippen LogP contribution >= 0.6 is 22.6 Å². The second-order valence-electron chi connectivity index (χ2n) is 6.22. The quantitative estimate of drug-likeness (QED) is 0.408. The summed E-state index contributed by atoms with van der Waals surface area (Å²) < 4.78 is 1.22. The van der Waals surface area contributed by atoms with E-state index in [4.69, 9.17) is 0 Å². The van der Waals surface area contributed by atoms with E-state index in [1.165, 1.54) is 9.65 Å². The Hall–Kier alpha value is -1.54. The maximum Gasteiger partial charge on any atom is 0.273 e. The molecule has 0 saturated carbocycles. The lowest BCUT2D eigenvalue weighted by atomic mass is 9.67. The lowest BCUT2D eigenvalue weighted by Gasteiger charge is -2.38. The first-order chi connectivity index (χ1) is 11.5. The number of hydrogen-bond acceptors (Lipinski definition) is 4. The van der Waals surface area contributed by atoms with Crippen molar-refractivity contribution in [1.82, 2.24) is 4.90 Å². The van der Waals surface area contributed by atoms with E-state index >= 15 is 0 Å². The average molecular weight is 438 g/mol. The molecule has 24 heavy (non-hydrogen) atoms. The summed E-state index contributed by atoms with van der Waals surface area (Å²) in [6.07, 6.45) is 6.94. The van der Waals surface area contributed by atoms with Gasteiger partial charge in [0.15, 0.2) is 5.78 Å². The van der Waals surface area contributed by atoms with Crippen molar-refractivity contribution in [2.24, 2.45) is 0 Å². The van der Waals surface area contributed by atoms with Gasteiger partial charge in [-0.1, -0.05) is 30.4 Å². The fourth-order valence-corrected chi connectivity index (χ4v) is 4.41. The Balaban J connectivity index is 2.11. The third-order valence-corrected chi connectivity index (χ3v) is 6.08. The van der Waals surface area contributed by atoms with Crippen LogP contribution in [0.2, 0.25) is 0 Å². The highest BCUT2D eigenvalue weighted by Crippen LogP contribution is 2.48. The van der Waals surface area contributed by atoms with Gasteiger partial charge in [0, 0.05) is 34.3 Å². The van der Waals surface area contributed by atoms with E-state index in [0.29, 0.717) is 12.0 Å². The van der Waals surface area contributed by atoms with Crippen LogP contribution < -0.4 is 0 Å². The summed E-state index contributed by atoms with van der Waals surface area (Å²) in [6, 6.07) is 6.68. The van der Waals surface area contributed by atoms with Crippen LogP contribution in [0.15, 0.2) is 46.1 Å². The van der Waals surface area contributed by atoms with Gasteiger partial charge in [-0.3, -0.25) is 19.8 Å². The molecule has 6 heteroatoms. The molecule has 1 aliphatic heterocycles. The van der Waals surface area contributed by atoms with E-state index < -0.39 is 5.41 Å². The molecule has 1 heterocycles. The predicted molar refractivity (Wildman–Crippen MR) is 101 cm³/mol. The summed E-state index contributed by atoms with van der Waals surface area (Å²) >= 11 is 2.31. The number of nitro benzene ring substituents is 1. The molecule has 0 aromatic heterocycles. The fraction of sp³-hybridized carbons (Fsp3) is 0.389. The lowest BCUT2D eigenvalue weighted by molar-refractivity contribution is -0.386. The number of carbonyl (C=O) groups is 1. The summed E-state index contributed by atoms with van der Waals surface area (Å²) in [7, 11) is 0. The van der Waals surface area contributed by atoms with Crippen molar-refractivity contribution in [3.05, 3.63) is 61.8 Å². The van der Waals surface area contributed by atoms with Crippen molar-refractivity contribution in [3.8, 4) is 0 Å². The van der Waals surface area contributed by atoms with Crippen LogP contribution in [0.1, 0.15) is 25.3 Å². The summed E-state index contributed by atoms with van der Waals surface area (Å²) in [5.41, 5.74) is -0.190. The Labute approximate surface area is 154 Å². The standard InChI is InChI=1S/C18H19IN2O3/c1-2-13(19)12-20-11-10-18(16(20)8-5-9-17(18)22)14-6-3-4-7-15(14)21(23)24/h2-7,9,16H,8,10-12H2,1H3/b13-2-. The predicted octanol–water partition coefficient (Wildman–Crippen LogP) is 3.77. The molecule has 1 aromatic rings. The number of hydrogen-bond donors (Lipinski definition) is 0. The molecule has 1 fully saturated rings. The number of likely N-dealkylation sites (tertiary alicyclic amines) is 1. The molecule has 1 aliphatic carbocycles. The van der Waals surface area contributed by atoms with Gasteiger partial charge in [0.2, 0.25) is 0 Å². The number of carbonyl (C=O) groups excluding carboxylic acids is 1. The Morgan fingerprint density at radius 2 is 2.25 bits per heavy atom. The molecule has 0 amide bonds. The number of para-hydroxylation sites is 1. The van der Waals surface area contributed by atoms with Gasteiger partial charge in [0.25, 0.3) is 5.69 Å². The topological polar surface area (TPSA) is 63.4 Å². The molecule has 0 bridgehead atoms. The van der Waals surface area contributed by atoms with Crippen molar-refractivity contribution < 1.29 is 9.72 Å². The minimum absolute atomic E-state index is 0.00830. The zero-order valence-electron chi connectivity index (χ0n) is 13.4. The maximum atomic E-state index is 12.9. The van der Waals surface area contributed by atoms with E-state index in [0.717, 1.165) is 19.5 Å². The largest absolute Gasteiger partial charge is 0.294 e. The van der Waals surface area contributed by atoms with Gasteiger partial charge in [-0.25, -0.2) is 0 Å². The van der Waals surface area contributed by atoms with Crippen LogP contribution in [0.5, 0.6) is 0 Å². The van der Waals surface area contributed by atoms with Crippen molar-refractivity contribution in [3.63, 3.8) is 0 Å². The number of benzene rings is 1. The van der Waals surface area contributed by atoms with Crippen molar-refractivity contribution >= 4 is 34.1 Å². The molecule has 126 valence electrons. The Morgan fingerprint density at radius 1 is 1.50 bits per heavy atom. The number of nitro groups is 1. The Kier molecular flexibility index (Phi) is 4.87. The molecule has 3 rings (SSSR count). The van der Waals surface area contributed by atoms with Gasteiger partial charge in [0.1, 0.15) is 0 Å². The zero-order chi connectivity index (χ0) is 17.3. The molecule has 1 saturated heterocycles. The van der Waals surface area contributed by atoms with Crippen LogP contribution in [-0.4, -0.2) is 34.7 Å². The molecule has 0 spiro atoms.